The van der Waals surface area contributed by atoms with E-state index < -0.39 is 16.8 Å². The minimum absolute atomic E-state index is 0.0434. The summed E-state index contributed by atoms with van der Waals surface area (Å²) in [4.78, 5) is 38.7. The second-order valence-corrected chi connectivity index (χ2v) is 7.96. The van der Waals surface area contributed by atoms with E-state index in [4.69, 9.17) is 18.0 Å². The Kier molecular flexibility index (Phi) is 4.33. The molecule has 7 nitrogen and oxygen atoms in total. The van der Waals surface area contributed by atoms with Gasteiger partial charge in [0.2, 0.25) is 11.2 Å². The van der Waals surface area contributed by atoms with Crippen molar-refractivity contribution in [2.75, 3.05) is 7.11 Å². The molecule has 5 rings (SSSR count). The number of rotatable bonds is 3. The summed E-state index contributed by atoms with van der Waals surface area (Å²) >= 11 is 3.36. The molecule has 31 heavy (non-hydrogen) atoms. The largest absolute Gasteiger partial charge is 0.496 e. The van der Waals surface area contributed by atoms with E-state index in [1.165, 1.54) is 19.2 Å². The van der Waals surface area contributed by atoms with Crippen LogP contribution in [0.4, 0.5) is 0 Å². The normalized spacial score (nSPS) is 11.5. The van der Waals surface area contributed by atoms with Gasteiger partial charge in [0.1, 0.15) is 33.3 Å². The summed E-state index contributed by atoms with van der Waals surface area (Å²) in [5.74, 6) is -0.677. The molecule has 0 amide bonds. The van der Waals surface area contributed by atoms with Gasteiger partial charge in [0.05, 0.1) is 7.11 Å². The van der Waals surface area contributed by atoms with Crippen molar-refractivity contribution in [2.45, 2.75) is 6.92 Å². The number of ketones is 1. The summed E-state index contributed by atoms with van der Waals surface area (Å²) < 4.78 is 22.6. The predicted octanol–water partition coefficient (Wildman–Crippen LogP) is 4.96. The molecule has 0 aliphatic rings. The Morgan fingerprint density at radius 2 is 1.77 bits per heavy atom. The van der Waals surface area contributed by atoms with E-state index in [1.807, 2.05) is 6.92 Å². The number of hydrogen-bond acceptors (Lipinski definition) is 7. The minimum Gasteiger partial charge on any atom is -0.496 e. The zero-order valence-electron chi connectivity index (χ0n) is 16.3. The minimum atomic E-state index is -0.929. The summed E-state index contributed by atoms with van der Waals surface area (Å²) in [5, 5.41) is 0.839. The third-order valence-electron chi connectivity index (χ3n) is 4.97. The molecule has 2 aromatic carbocycles. The Hall–Kier alpha value is -3.65. The predicted molar refractivity (Wildman–Crippen MR) is 117 cm³/mol. The van der Waals surface area contributed by atoms with Gasteiger partial charge >= 0.3 is 11.4 Å². The number of carbonyl (C=O) groups is 1. The fraction of sp³-hybridized carbons (Fsp3) is 0.0870. The first-order valence-corrected chi connectivity index (χ1v) is 9.98. The SMILES string of the molecule is COc1cc(C)cc2oc3oc(=O)c(C(=O)c4cc5cc(Br)ccc5o4)cc3c(=O)c12. The highest BCUT2D eigenvalue weighted by molar-refractivity contribution is 9.10. The van der Waals surface area contributed by atoms with Gasteiger partial charge in [0, 0.05) is 9.86 Å². The first kappa shape index (κ1) is 19.3. The van der Waals surface area contributed by atoms with Crippen LogP contribution in [0.5, 0.6) is 5.75 Å². The lowest BCUT2D eigenvalue weighted by Gasteiger charge is -2.07. The Balaban J connectivity index is 1.74. The average Bonchev–Trinajstić information content (AvgIpc) is 3.15. The van der Waals surface area contributed by atoms with Crippen LogP contribution in [0, 0.1) is 6.92 Å². The molecule has 0 saturated carbocycles. The number of halogens is 1. The van der Waals surface area contributed by atoms with Gasteiger partial charge in [-0.1, -0.05) is 15.9 Å². The Labute approximate surface area is 181 Å². The van der Waals surface area contributed by atoms with Gasteiger partial charge in [0.15, 0.2) is 5.76 Å². The maximum absolute atomic E-state index is 13.1. The Morgan fingerprint density at radius 3 is 2.55 bits per heavy atom. The fourth-order valence-corrected chi connectivity index (χ4v) is 3.91. The number of aryl methyl sites for hydroxylation is 1. The zero-order chi connectivity index (χ0) is 21.9. The summed E-state index contributed by atoms with van der Waals surface area (Å²) in [6.07, 6.45) is 0. The molecule has 0 fully saturated rings. The van der Waals surface area contributed by atoms with Gasteiger partial charge in [-0.15, -0.1) is 0 Å². The molecular formula is C23H13BrO7. The number of carbonyl (C=O) groups excluding carboxylic acids is 1. The maximum Gasteiger partial charge on any atom is 0.350 e. The second-order valence-electron chi connectivity index (χ2n) is 7.04. The number of benzene rings is 2. The average molecular weight is 481 g/mol. The van der Waals surface area contributed by atoms with Gasteiger partial charge < -0.3 is 18.0 Å². The summed E-state index contributed by atoms with van der Waals surface area (Å²) in [6, 6.07) is 11.3. The van der Waals surface area contributed by atoms with E-state index in [1.54, 1.807) is 30.3 Å². The lowest BCUT2D eigenvalue weighted by atomic mass is 10.1. The summed E-state index contributed by atoms with van der Waals surface area (Å²) in [7, 11) is 1.44. The highest BCUT2D eigenvalue weighted by Crippen LogP contribution is 2.28. The van der Waals surface area contributed by atoms with Crippen LogP contribution >= 0.6 is 15.9 Å². The highest BCUT2D eigenvalue weighted by Gasteiger charge is 2.23. The van der Waals surface area contributed by atoms with Crippen molar-refractivity contribution < 1.29 is 22.8 Å². The molecule has 0 spiro atoms. The Morgan fingerprint density at radius 1 is 0.968 bits per heavy atom. The van der Waals surface area contributed by atoms with E-state index in [0.717, 1.165) is 10.0 Å². The van der Waals surface area contributed by atoms with Crippen LogP contribution in [-0.2, 0) is 0 Å². The van der Waals surface area contributed by atoms with E-state index in [2.05, 4.69) is 15.9 Å². The molecule has 3 aromatic heterocycles. The quantitative estimate of drug-likeness (QED) is 0.265. The molecule has 3 heterocycles. The molecule has 0 saturated heterocycles. The molecule has 5 aromatic rings. The molecule has 154 valence electrons. The van der Waals surface area contributed by atoms with Crippen LogP contribution in [0.3, 0.4) is 0 Å². The van der Waals surface area contributed by atoms with Crippen LogP contribution < -0.4 is 15.8 Å². The van der Waals surface area contributed by atoms with Crippen LogP contribution in [0.1, 0.15) is 21.7 Å². The van der Waals surface area contributed by atoms with Crippen LogP contribution in [0.2, 0.25) is 0 Å². The lowest BCUT2D eigenvalue weighted by Crippen LogP contribution is -2.16. The van der Waals surface area contributed by atoms with Gasteiger partial charge in [-0.3, -0.25) is 9.59 Å². The molecule has 0 atom stereocenters. The molecule has 0 aliphatic carbocycles. The van der Waals surface area contributed by atoms with Crippen molar-refractivity contribution in [3.8, 4) is 5.75 Å². The molecule has 0 aliphatic heterocycles. The number of hydrogen-bond donors (Lipinski definition) is 0. The summed E-state index contributed by atoms with van der Waals surface area (Å²) in [6.45, 7) is 1.82. The van der Waals surface area contributed by atoms with Crippen molar-refractivity contribution in [1.82, 2.24) is 0 Å². The van der Waals surface area contributed by atoms with Crippen molar-refractivity contribution in [3.63, 3.8) is 0 Å². The molecule has 0 N–H and O–H groups in total. The highest BCUT2D eigenvalue weighted by atomic mass is 79.9. The van der Waals surface area contributed by atoms with Crippen LogP contribution in [0.25, 0.3) is 33.1 Å². The first-order chi connectivity index (χ1) is 14.9. The smallest absolute Gasteiger partial charge is 0.350 e. The Bertz CT molecular complexity index is 1650. The zero-order valence-corrected chi connectivity index (χ0v) is 17.9. The van der Waals surface area contributed by atoms with Gasteiger partial charge in [0.25, 0.3) is 0 Å². The third kappa shape index (κ3) is 3.07. The fourth-order valence-electron chi connectivity index (χ4n) is 3.53. The number of furan rings is 1. The van der Waals surface area contributed by atoms with Gasteiger partial charge in [-0.25, -0.2) is 4.79 Å². The van der Waals surface area contributed by atoms with E-state index in [0.29, 0.717) is 16.7 Å². The number of ether oxygens (including phenoxy) is 1. The van der Waals surface area contributed by atoms with Crippen LogP contribution in [0.15, 0.2) is 69.8 Å². The molecule has 0 unspecified atom stereocenters. The van der Waals surface area contributed by atoms with Crippen molar-refractivity contribution in [3.05, 3.63) is 84.5 Å². The molecule has 0 radical (unpaired) electrons. The topological polar surface area (TPSA) is 99.9 Å². The third-order valence-corrected chi connectivity index (χ3v) is 5.46. The monoisotopic (exact) mass is 480 g/mol. The first-order valence-electron chi connectivity index (χ1n) is 9.19. The van der Waals surface area contributed by atoms with Gasteiger partial charge in [-0.05, 0) is 55.0 Å². The summed E-state index contributed by atoms with van der Waals surface area (Å²) in [5.41, 5.74) is -0.219. The standard InChI is InChI=1S/C23H13BrO7/c1-10-5-16(28-2)19-17(6-10)30-23-14(21(19)26)9-13(22(27)31-23)20(25)18-8-11-7-12(24)3-4-15(11)29-18/h3-9H,1-2H3. The number of fused-ring (bicyclic) bond motifs is 3. The second kappa shape index (κ2) is 6.95. The van der Waals surface area contributed by atoms with Crippen molar-refractivity contribution in [1.29, 1.82) is 0 Å². The molecule has 8 heteroatoms. The van der Waals surface area contributed by atoms with Crippen molar-refractivity contribution in [2.24, 2.45) is 0 Å². The molecular weight excluding hydrogens is 468 g/mol. The van der Waals surface area contributed by atoms with E-state index in [-0.39, 0.29) is 33.5 Å². The number of methoxy groups -OCH3 is 1. The van der Waals surface area contributed by atoms with Crippen molar-refractivity contribution >= 4 is 54.8 Å². The van der Waals surface area contributed by atoms with E-state index in [9.17, 15) is 14.4 Å². The maximum atomic E-state index is 13.1. The van der Waals surface area contributed by atoms with Gasteiger partial charge in [-0.2, -0.15) is 0 Å². The lowest BCUT2D eigenvalue weighted by molar-refractivity contribution is 0.101. The van der Waals surface area contributed by atoms with E-state index >= 15 is 0 Å². The van der Waals surface area contributed by atoms with Crippen LogP contribution in [-0.4, -0.2) is 12.9 Å². The molecule has 0 bridgehead atoms.